The van der Waals surface area contributed by atoms with E-state index in [0.29, 0.717) is 17.4 Å². The lowest BCUT2D eigenvalue weighted by Gasteiger charge is -2.34. The van der Waals surface area contributed by atoms with Gasteiger partial charge < -0.3 is 9.15 Å². The molecular formula is C24H24N4O5S. The van der Waals surface area contributed by atoms with Gasteiger partial charge in [-0.25, -0.2) is 4.98 Å². The van der Waals surface area contributed by atoms with Crippen LogP contribution in [0.2, 0.25) is 0 Å². The molecular weight excluding hydrogens is 456 g/mol. The van der Waals surface area contributed by atoms with Crippen molar-refractivity contribution >= 4 is 34.2 Å². The third-order valence-electron chi connectivity index (χ3n) is 5.78. The summed E-state index contributed by atoms with van der Waals surface area (Å²) in [6.07, 6.45) is 1.83. The molecule has 2 aliphatic heterocycles. The van der Waals surface area contributed by atoms with Crippen LogP contribution in [-0.2, 0) is 17.8 Å². The van der Waals surface area contributed by atoms with Crippen LogP contribution in [0.5, 0.6) is 0 Å². The van der Waals surface area contributed by atoms with Crippen molar-refractivity contribution in [3.05, 3.63) is 70.1 Å². The molecule has 2 aliphatic rings. The lowest BCUT2D eigenvalue weighted by molar-refractivity contribution is -0.0707. The monoisotopic (exact) mass is 480 g/mol. The van der Waals surface area contributed by atoms with E-state index in [1.165, 1.54) is 29.7 Å². The van der Waals surface area contributed by atoms with Crippen molar-refractivity contribution < 1.29 is 23.5 Å². The van der Waals surface area contributed by atoms with E-state index in [0.717, 1.165) is 23.7 Å². The number of fused-ring (bicyclic) bond motifs is 1. The number of amides is 3. The summed E-state index contributed by atoms with van der Waals surface area (Å²) >= 11 is 1.35. The highest BCUT2D eigenvalue weighted by molar-refractivity contribution is 7.14. The van der Waals surface area contributed by atoms with Crippen LogP contribution in [0.1, 0.15) is 56.4 Å². The van der Waals surface area contributed by atoms with Crippen molar-refractivity contribution in [2.24, 2.45) is 0 Å². The molecule has 2 aromatic heterocycles. The quantitative estimate of drug-likeness (QED) is 0.539. The molecule has 0 spiro atoms. The summed E-state index contributed by atoms with van der Waals surface area (Å²) in [5.74, 6) is -0.730. The lowest BCUT2D eigenvalue weighted by atomic mass is 10.1. The van der Waals surface area contributed by atoms with Gasteiger partial charge in [0.05, 0.1) is 41.8 Å². The average molecular weight is 481 g/mol. The Hall–Kier alpha value is -3.34. The number of anilines is 1. The van der Waals surface area contributed by atoms with Gasteiger partial charge in [0, 0.05) is 30.6 Å². The predicted octanol–water partition coefficient (Wildman–Crippen LogP) is 3.39. The van der Waals surface area contributed by atoms with Crippen LogP contribution in [0.25, 0.3) is 0 Å². The van der Waals surface area contributed by atoms with Gasteiger partial charge in [-0.05, 0) is 44.2 Å². The second-order valence-electron chi connectivity index (χ2n) is 8.59. The third-order valence-corrected chi connectivity index (χ3v) is 6.59. The minimum atomic E-state index is -0.448. The molecule has 3 aromatic rings. The van der Waals surface area contributed by atoms with E-state index in [-0.39, 0.29) is 41.4 Å². The van der Waals surface area contributed by atoms with Crippen molar-refractivity contribution in [3.8, 4) is 0 Å². The molecule has 4 heterocycles. The van der Waals surface area contributed by atoms with Crippen molar-refractivity contribution in [2.45, 2.75) is 39.1 Å². The minimum absolute atomic E-state index is 0.0451. The fourth-order valence-electron chi connectivity index (χ4n) is 4.38. The summed E-state index contributed by atoms with van der Waals surface area (Å²) in [6.45, 7) is 6.51. The molecule has 1 fully saturated rings. The van der Waals surface area contributed by atoms with E-state index in [2.05, 4.69) is 29.0 Å². The van der Waals surface area contributed by atoms with E-state index in [4.69, 9.17) is 9.15 Å². The molecule has 9 nitrogen and oxygen atoms in total. The molecule has 0 bridgehead atoms. The Bertz CT molecular complexity index is 1230. The van der Waals surface area contributed by atoms with E-state index in [1.54, 1.807) is 18.2 Å². The summed E-state index contributed by atoms with van der Waals surface area (Å²) in [5, 5.41) is 5.21. The van der Waals surface area contributed by atoms with Gasteiger partial charge in [0.1, 0.15) is 5.76 Å². The topological polar surface area (TPSA) is 105 Å². The van der Waals surface area contributed by atoms with Gasteiger partial charge in [0.25, 0.3) is 17.7 Å². The van der Waals surface area contributed by atoms with Gasteiger partial charge in [-0.2, -0.15) is 0 Å². The zero-order valence-electron chi connectivity index (χ0n) is 18.8. The van der Waals surface area contributed by atoms with Crippen LogP contribution in [0.15, 0.2) is 46.4 Å². The summed E-state index contributed by atoms with van der Waals surface area (Å²) in [7, 11) is 0. The molecule has 2 atom stereocenters. The van der Waals surface area contributed by atoms with Crippen LogP contribution in [0.4, 0.5) is 5.13 Å². The highest BCUT2D eigenvalue weighted by Crippen LogP contribution is 2.27. The molecule has 5 rings (SSSR count). The first-order valence-corrected chi connectivity index (χ1v) is 11.9. The second kappa shape index (κ2) is 9.13. The molecule has 1 saturated heterocycles. The Morgan fingerprint density at radius 2 is 1.88 bits per heavy atom. The van der Waals surface area contributed by atoms with E-state index in [1.807, 2.05) is 5.38 Å². The van der Waals surface area contributed by atoms with Crippen LogP contribution < -0.4 is 5.32 Å². The Morgan fingerprint density at radius 1 is 1.12 bits per heavy atom. The van der Waals surface area contributed by atoms with Gasteiger partial charge >= 0.3 is 0 Å². The zero-order chi connectivity index (χ0) is 23.8. The largest absolute Gasteiger partial charge is 0.467 e. The first-order chi connectivity index (χ1) is 16.4. The number of imide groups is 1. The SMILES string of the molecule is C[C@@H]1CN(Cc2csc(NC(=O)c3ccc4c(c3)C(=O)N(Cc3ccco3)C4=O)n2)C[C@@H](C)O1. The van der Waals surface area contributed by atoms with Gasteiger partial charge in [-0.1, -0.05) is 0 Å². The second-order valence-corrected chi connectivity index (χ2v) is 9.44. The normalized spacial score (nSPS) is 20.6. The maximum atomic E-state index is 12.8. The van der Waals surface area contributed by atoms with Crippen molar-refractivity contribution in [1.82, 2.24) is 14.8 Å². The number of thiazole rings is 1. The number of benzene rings is 1. The molecule has 176 valence electrons. The van der Waals surface area contributed by atoms with Gasteiger partial charge in [0.2, 0.25) is 0 Å². The molecule has 3 amide bonds. The van der Waals surface area contributed by atoms with Crippen LogP contribution in [-0.4, -0.2) is 57.8 Å². The molecule has 34 heavy (non-hydrogen) atoms. The number of ether oxygens (including phenoxy) is 1. The Labute approximate surface area is 200 Å². The Balaban J connectivity index is 1.25. The maximum absolute atomic E-state index is 12.8. The molecule has 0 radical (unpaired) electrons. The van der Waals surface area contributed by atoms with Crippen molar-refractivity contribution in [2.75, 3.05) is 18.4 Å². The number of furan rings is 1. The third kappa shape index (κ3) is 4.52. The predicted molar refractivity (Wildman–Crippen MR) is 125 cm³/mol. The summed E-state index contributed by atoms with van der Waals surface area (Å²) < 4.78 is 11.0. The summed E-state index contributed by atoms with van der Waals surface area (Å²) in [6, 6.07) is 7.91. The zero-order valence-corrected chi connectivity index (χ0v) is 19.6. The van der Waals surface area contributed by atoms with Gasteiger partial charge in [-0.15, -0.1) is 11.3 Å². The number of rotatable bonds is 6. The average Bonchev–Trinajstić information content (AvgIpc) is 3.51. The number of hydrogen-bond acceptors (Lipinski definition) is 8. The number of hydrogen-bond donors (Lipinski definition) is 1. The molecule has 1 aromatic carbocycles. The van der Waals surface area contributed by atoms with Crippen LogP contribution >= 0.6 is 11.3 Å². The fraction of sp³-hybridized carbons (Fsp3) is 0.333. The number of carbonyl (C=O) groups excluding carboxylic acids is 3. The minimum Gasteiger partial charge on any atom is -0.467 e. The summed E-state index contributed by atoms with van der Waals surface area (Å²) in [5.41, 5.74) is 1.65. The highest BCUT2D eigenvalue weighted by atomic mass is 32.1. The number of carbonyl (C=O) groups is 3. The Morgan fingerprint density at radius 3 is 2.62 bits per heavy atom. The Kier molecular flexibility index (Phi) is 6.03. The summed E-state index contributed by atoms with van der Waals surface area (Å²) in [4.78, 5) is 46.2. The molecule has 10 heteroatoms. The fourth-order valence-corrected chi connectivity index (χ4v) is 5.08. The van der Waals surface area contributed by atoms with Crippen molar-refractivity contribution in [3.63, 3.8) is 0 Å². The molecule has 1 N–H and O–H groups in total. The number of aromatic nitrogens is 1. The van der Waals surface area contributed by atoms with E-state index in [9.17, 15) is 14.4 Å². The van der Waals surface area contributed by atoms with E-state index < -0.39 is 11.8 Å². The van der Waals surface area contributed by atoms with Crippen LogP contribution in [0.3, 0.4) is 0 Å². The standard InChI is InChI=1S/C24H24N4O5S/c1-14-9-27(10-15(2)33-14)11-17-13-34-24(25-17)26-21(29)16-5-6-19-20(8-16)23(31)28(22(19)30)12-18-4-3-7-32-18/h3-8,13-15H,9-12H2,1-2H3,(H,25,26,29)/t14-,15-/m1/s1. The van der Waals surface area contributed by atoms with Crippen LogP contribution in [0, 0.1) is 0 Å². The first-order valence-electron chi connectivity index (χ1n) is 11.0. The number of nitrogens with zero attached hydrogens (tertiary/aromatic N) is 3. The number of nitrogens with one attached hydrogen (secondary N) is 1. The van der Waals surface area contributed by atoms with Gasteiger partial charge in [-0.3, -0.25) is 29.5 Å². The highest BCUT2D eigenvalue weighted by Gasteiger charge is 2.36. The maximum Gasteiger partial charge on any atom is 0.261 e. The molecule has 0 unspecified atom stereocenters. The first kappa shape index (κ1) is 22.5. The number of morpholine rings is 1. The van der Waals surface area contributed by atoms with Gasteiger partial charge in [0.15, 0.2) is 5.13 Å². The van der Waals surface area contributed by atoms with E-state index >= 15 is 0 Å². The van der Waals surface area contributed by atoms with Crippen molar-refractivity contribution in [1.29, 1.82) is 0 Å². The molecule has 0 saturated carbocycles. The smallest absolute Gasteiger partial charge is 0.261 e. The lowest BCUT2D eigenvalue weighted by Crippen LogP contribution is -2.44. The molecule has 0 aliphatic carbocycles.